The van der Waals surface area contributed by atoms with Gasteiger partial charge in [0.2, 0.25) is 17.7 Å². The van der Waals surface area contributed by atoms with Crippen molar-refractivity contribution in [2.45, 2.75) is 86.0 Å². The number of carbonyl (C=O) groups is 3. The van der Waals surface area contributed by atoms with E-state index in [9.17, 15) is 19.5 Å². The van der Waals surface area contributed by atoms with Crippen LogP contribution in [0.15, 0.2) is 36.7 Å². The number of benzene rings is 1. The van der Waals surface area contributed by atoms with Crippen molar-refractivity contribution in [2.24, 2.45) is 10.8 Å². The third-order valence-corrected chi connectivity index (χ3v) is 6.79. The maximum Gasteiger partial charge on any atom is 0.246 e. The second kappa shape index (κ2) is 10.7. The molecule has 2 aromatic rings. The second-order valence-corrected chi connectivity index (χ2v) is 12.1. The summed E-state index contributed by atoms with van der Waals surface area (Å²) < 4.78 is 1.97. The van der Waals surface area contributed by atoms with E-state index in [-0.39, 0.29) is 36.7 Å². The number of aliphatic hydroxyl groups is 1. The van der Waals surface area contributed by atoms with E-state index in [1.807, 2.05) is 69.6 Å². The number of rotatable bonds is 6. The highest BCUT2D eigenvalue weighted by molar-refractivity contribution is 5.94. The minimum Gasteiger partial charge on any atom is -0.391 e. The zero-order chi connectivity index (χ0) is 27.7. The normalized spacial score (nSPS) is 19.9. The summed E-state index contributed by atoms with van der Waals surface area (Å²) in [6, 6.07) is 5.86. The molecule has 1 aromatic carbocycles. The number of nitrogens with one attached hydrogen (secondary N) is 2. The lowest BCUT2D eigenvalue weighted by molar-refractivity contribution is -0.145. The van der Waals surface area contributed by atoms with Crippen molar-refractivity contribution in [1.82, 2.24) is 25.1 Å². The van der Waals surface area contributed by atoms with Gasteiger partial charge in [-0.3, -0.25) is 14.4 Å². The average molecular weight is 512 g/mol. The Morgan fingerprint density at radius 1 is 1.05 bits per heavy atom. The summed E-state index contributed by atoms with van der Waals surface area (Å²) in [4.78, 5) is 45.4. The van der Waals surface area contributed by atoms with Gasteiger partial charge in [-0.1, -0.05) is 53.7 Å². The van der Waals surface area contributed by atoms with Gasteiger partial charge in [0.15, 0.2) is 0 Å². The largest absolute Gasteiger partial charge is 0.391 e. The van der Waals surface area contributed by atoms with Gasteiger partial charge in [-0.05, 0) is 37.0 Å². The molecule has 0 radical (unpaired) electrons. The minimum atomic E-state index is -0.837. The molecule has 4 atom stereocenters. The molecule has 2 heterocycles. The summed E-state index contributed by atoms with van der Waals surface area (Å²) in [6.45, 7) is 14.8. The molecular weight excluding hydrogens is 470 g/mol. The van der Waals surface area contributed by atoms with Gasteiger partial charge in [0.05, 0.1) is 12.1 Å². The van der Waals surface area contributed by atoms with Crippen LogP contribution < -0.4 is 10.6 Å². The van der Waals surface area contributed by atoms with Crippen LogP contribution in [0.4, 0.5) is 0 Å². The smallest absolute Gasteiger partial charge is 0.246 e. The van der Waals surface area contributed by atoms with Gasteiger partial charge in [0.1, 0.15) is 17.9 Å². The molecule has 0 bridgehead atoms. The van der Waals surface area contributed by atoms with E-state index in [0.29, 0.717) is 0 Å². The number of hydrogen-bond donors (Lipinski definition) is 3. The molecular formula is C28H41N5O4. The second-order valence-electron chi connectivity index (χ2n) is 12.1. The zero-order valence-corrected chi connectivity index (χ0v) is 23.2. The molecule has 202 valence electrons. The monoisotopic (exact) mass is 511 g/mol. The first kappa shape index (κ1) is 28.4. The van der Waals surface area contributed by atoms with E-state index in [2.05, 4.69) is 15.6 Å². The van der Waals surface area contributed by atoms with E-state index in [4.69, 9.17) is 0 Å². The number of carbonyl (C=O) groups excluding carboxylic acids is 3. The fourth-order valence-corrected chi connectivity index (χ4v) is 4.44. The molecule has 37 heavy (non-hydrogen) atoms. The number of imidazole rings is 1. The van der Waals surface area contributed by atoms with Crippen LogP contribution in [0.2, 0.25) is 0 Å². The summed E-state index contributed by atoms with van der Waals surface area (Å²) in [5, 5.41) is 16.3. The summed E-state index contributed by atoms with van der Waals surface area (Å²) >= 11 is 0. The van der Waals surface area contributed by atoms with Gasteiger partial charge in [0, 0.05) is 36.5 Å². The van der Waals surface area contributed by atoms with E-state index in [1.54, 1.807) is 27.0 Å². The van der Waals surface area contributed by atoms with Crippen LogP contribution in [0.3, 0.4) is 0 Å². The fraction of sp³-hybridized carbons (Fsp3) is 0.571. The molecule has 9 heteroatoms. The van der Waals surface area contributed by atoms with Crippen molar-refractivity contribution >= 4 is 17.7 Å². The summed E-state index contributed by atoms with van der Waals surface area (Å²) in [5.41, 5.74) is 0.622. The van der Waals surface area contributed by atoms with Gasteiger partial charge in [0.25, 0.3) is 0 Å². The topological polar surface area (TPSA) is 117 Å². The molecule has 0 spiro atoms. The lowest BCUT2D eigenvalue weighted by Gasteiger charge is -2.36. The number of β-amino-alcohol motifs (C(OH)–C–C–N with tert-alkyl or cyclic N) is 1. The maximum atomic E-state index is 13.7. The third-order valence-electron chi connectivity index (χ3n) is 6.79. The average Bonchev–Trinajstić information content (AvgIpc) is 3.40. The molecule has 0 saturated carbocycles. The number of aliphatic hydroxyl groups excluding tert-OH is 1. The van der Waals surface area contributed by atoms with Crippen LogP contribution in [0.5, 0.6) is 0 Å². The van der Waals surface area contributed by atoms with Gasteiger partial charge in [-0.25, -0.2) is 4.98 Å². The maximum absolute atomic E-state index is 13.7. The highest BCUT2D eigenvalue weighted by Gasteiger charge is 2.45. The van der Waals surface area contributed by atoms with Crippen LogP contribution >= 0.6 is 0 Å². The van der Waals surface area contributed by atoms with Crippen molar-refractivity contribution in [3.8, 4) is 5.69 Å². The molecule has 3 N–H and O–H groups in total. The van der Waals surface area contributed by atoms with Gasteiger partial charge in [-0.2, -0.15) is 0 Å². The number of likely N-dealkylation sites (tertiary alicyclic amines) is 1. The first-order chi connectivity index (χ1) is 17.1. The molecule has 1 aromatic heterocycles. The van der Waals surface area contributed by atoms with Crippen LogP contribution in [0.1, 0.15) is 72.3 Å². The van der Waals surface area contributed by atoms with Crippen molar-refractivity contribution in [3.05, 3.63) is 48.0 Å². The predicted octanol–water partition coefficient (Wildman–Crippen LogP) is 2.90. The van der Waals surface area contributed by atoms with Crippen LogP contribution in [0, 0.1) is 17.8 Å². The van der Waals surface area contributed by atoms with Crippen molar-refractivity contribution < 1.29 is 19.5 Å². The Morgan fingerprint density at radius 2 is 1.68 bits per heavy atom. The Morgan fingerprint density at radius 3 is 2.19 bits per heavy atom. The molecule has 1 saturated heterocycles. The third kappa shape index (κ3) is 6.57. The fourth-order valence-electron chi connectivity index (χ4n) is 4.44. The first-order valence-electron chi connectivity index (χ1n) is 12.8. The number of amides is 3. The number of aromatic nitrogens is 2. The predicted molar refractivity (Wildman–Crippen MR) is 142 cm³/mol. The summed E-state index contributed by atoms with van der Waals surface area (Å²) in [6.07, 6.45) is 2.97. The number of aryl methyl sites for hydroxylation is 1. The Labute approximate surface area is 219 Å². The van der Waals surface area contributed by atoms with Crippen molar-refractivity contribution in [1.29, 1.82) is 0 Å². The molecule has 3 rings (SSSR count). The van der Waals surface area contributed by atoms with E-state index >= 15 is 0 Å². The standard InChI is InChI=1S/C28H41N5O4/c1-17(19-9-11-20(12-10-19)32-14-13-29-18(32)2)30-24(35)22-15-21(34)16-33(22)25(36)23(27(3,4)5)31-26(37)28(6,7)8/h9-14,17,21-23,34H,15-16H2,1-8H3,(H,30,35)(H,31,37). The van der Waals surface area contributed by atoms with Gasteiger partial charge >= 0.3 is 0 Å². The molecule has 3 amide bonds. The Hall–Kier alpha value is -3.20. The number of hydrogen-bond acceptors (Lipinski definition) is 5. The van der Waals surface area contributed by atoms with E-state index in [1.165, 1.54) is 4.90 Å². The first-order valence-corrected chi connectivity index (χ1v) is 12.8. The Kier molecular flexibility index (Phi) is 8.17. The lowest BCUT2D eigenvalue weighted by atomic mass is 9.84. The van der Waals surface area contributed by atoms with Crippen molar-refractivity contribution in [2.75, 3.05) is 6.54 Å². The molecule has 1 aliphatic heterocycles. The highest BCUT2D eigenvalue weighted by atomic mass is 16.3. The minimum absolute atomic E-state index is 0.0439. The molecule has 9 nitrogen and oxygen atoms in total. The molecule has 0 aliphatic carbocycles. The highest BCUT2D eigenvalue weighted by Crippen LogP contribution is 2.28. The molecule has 1 fully saturated rings. The van der Waals surface area contributed by atoms with Gasteiger partial charge in [-0.15, -0.1) is 0 Å². The van der Waals surface area contributed by atoms with Crippen molar-refractivity contribution in [3.63, 3.8) is 0 Å². The van der Waals surface area contributed by atoms with E-state index in [0.717, 1.165) is 17.1 Å². The molecule has 4 unspecified atom stereocenters. The van der Waals surface area contributed by atoms with Gasteiger partial charge < -0.3 is 25.2 Å². The van der Waals surface area contributed by atoms with Crippen LogP contribution in [-0.4, -0.2) is 62.0 Å². The molecule has 1 aliphatic rings. The van der Waals surface area contributed by atoms with Crippen LogP contribution in [-0.2, 0) is 14.4 Å². The Bertz CT molecular complexity index is 1130. The summed E-state index contributed by atoms with van der Waals surface area (Å²) in [5.74, 6) is -0.0633. The quantitative estimate of drug-likeness (QED) is 0.551. The SMILES string of the molecule is Cc1nccn1-c1ccc(C(C)NC(=O)C2CC(O)CN2C(=O)C(NC(=O)C(C)(C)C)C(C)(C)C)cc1. The number of nitrogens with zero attached hydrogens (tertiary/aromatic N) is 3. The zero-order valence-electron chi connectivity index (χ0n) is 23.2. The van der Waals surface area contributed by atoms with Crippen LogP contribution in [0.25, 0.3) is 5.69 Å². The lowest BCUT2D eigenvalue weighted by Crippen LogP contribution is -2.59. The summed E-state index contributed by atoms with van der Waals surface area (Å²) in [7, 11) is 0. The Balaban J connectivity index is 1.74. The van der Waals surface area contributed by atoms with E-state index < -0.39 is 29.0 Å².